The van der Waals surface area contributed by atoms with Crippen LogP contribution in [0.2, 0.25) is 0 Å². The van der Waals surface area contributed by atoms with Crippen molar-refractivity contribution in [3.8, 4) is 0 Å². The minimum atomic E-state index is -0.00306. The fraction of sp³-hybridized carbons (Fsp3) is 0.333. The maximum atomic E-state index is 6.13. The summed E-state index contributed by atoms with van der Waals surface area (Å²) < 4.78 is 2.98. The van der Waals surface area contributed by atoms with Crippen LogP contribution in [-0.4, -0.2) is 14.5 Å². The van der Waals surface area contributed by atoms with Gasteiger partial charge in [-0.1, -0.05) is 0 Å². The average molecular weight is 295 g/mol. The summed E-state index contributed by atoms with van der Waals surface area (Å²) in [7, 11) is 1.99. The van der Waals surface area contributed by atoms with Crippen LogP contribution in [0.3, 0.4) is 0 Å². The normalized spacial score (nSPS) is 12.6. The van der Waals surface area contributed by atoms with E-state index >= 15 is 0 Å². The maximum absolute atomic E-state index is 6.13. The number of nitrogens with two attached hydrogens (primary N) is 1. The van der Waals surface area contributed by atoms with Crippen molar-refractivity contribution in [1.82, 2.24) is 14.5 Å². The topological polar surface area (TPSA) is 56.7 Å². The summed E-state index contributed by atoms with van der Waals surface area (Å²) in [6.45, 7) is 0. The highest BCUT2D eigenvalue weighted by Gasteiger charge is 2.08. The zero-order valence-electron chi connectivity index (χ0n) is 9.68. The van der Waals surface area contributed by atoms with Gasteiger partial charge in [0, 0.05) is 48.8 Å². The fourth-order valence-corrected chi connectivity index (χ4v) is 2.10. The van der Waals surface area contributed by atoms with Gasteiger partial charge in [-0.3, -0.25) is 4.98 Å². The fourth-order valence-electron chi connectivity index (χ4n) is 1.72. The Morgan fingerprint density at radius 2 is 2.29 bits per heavy atom. The van der Waals surface area contributed by atoms with E-state index in [2.05, 4.69) is 25.9 Å². The predicted molar refractivity (Wildman–Crippen MR) is 70.4 cm³/mol. The SMILES string of the molecule is Cn1ccnc1CCC(N)c1cncc(Br)c1. The molecule has 0 aromatic carbocycles. The Labute approximate surface area is 109 Å². The Morgan fingerprint density at radius 1 is 1.47 bits per heavy atom. The summed E-state index contributed by atoms with van der Waals surface area (Å²) in [6, 6.07) is 2.01. The number of rotatable bonds is 4. The summed E-state index contributed by atoms with van der Waals surface area (Å²) >= 11 is 3.40. The molecule has 1 unspecified atom stereocenters. The van der Waals surface area contributed by atoms with Crippen LogP contribution < -0.4 is 5.73 Å². The van der Waals surface area contributed by atoms with Gasteiger partial charge < -0.3 is 10.3 Å². The molecule has 0 amide bonds. The van der Waals surface area contributed by atoms with Gasteiger partial charge in [-0.25, -0.2) is 4.98 Å². The third kappa shape index (κ3) is 3.14. The van der Waals surface area contributed by atoms with Crippen LogP contribution in [0.5, 0.6) is 0 Å². The molecule has 2 N–H and O–H groups in total. The van der Waals surface area contributed by atoms with Gasteiger partial charge in [0.2, 0.25) is 0 Å². The lowest BCUT2D eigenvalue weighted by Crippen LogP contribution is -2.12. The second-order valence-corrected chi connectivity index (χ2v) is 4.95. The molecule has 2 aromatic rings. The Balaban J connectivity index is 1.98. The summed E-state index contributed by atoms with van der Waals surface area (Å²) in [4.78, 5) is 8.40. The number of imidazole rings is 1. The van der Waals surface area contributed by atoms with Gasteiger partial charge in [-0.05, 0) is 34.0 Å². The van der Waals surface area contributed by atoms with Crippen LogP contribution in [0.1, 0.15) is 23.9 Å². The number of aryl methyl sites for hydroxylation is 2. The number of hydrogen-bond acceptors (Lipinski definition) is 3. The number of aromatic nitrogens is 3. The van der Waals surface area contributed by atoms with E-state index in [0.29, 0.717) is 0 Å². The molecule has 0 aliphatic rings. The van der Waals surface area contributed by atoms with E-state index < -0.39 is 0 Å². The highest BCUT2D eigenvalue weighted by molar-refractivity contribution is 9.10. The predicted octanol–water partition coefficient (Wildman–Crippen LogP) is 2.21. The van der Waals surface area contributed by atoms with Crippen molar-refractivity contribution in [2.75, 3.05) is 0 Å². The molecule has 2 heterocycles. The van der Waals surface area contributed by atoms with Crippen molar-refractivity contribution in [3.05, 3.63) is 46.7 Å². The van der Waals surface area contributed by atoms with Crippen molar-refractivity contribution in [1.29, 1.82) is 0 Å². The maximum Gasteiger partial charge on any atom is 0.108 e. The largest absolute Gasteiger partial charge is 0.338 e. The van der Waals surface area contributed by atoms with Crippen molar-refractivity contribution < 1.29 is 0 Å². The first-order valence-corrected chi connectivity index (χ1v) is 6.28. The third-order valence-electron chi connectivity index (χ3n) is 2.75. The average Bonchev–Trinajstić information content (AvgIpc) is 2.72. The highest BCUT2D eigenvalue weighted by Crippen LogP contribution is 2.18. The van der Waals surface area contributed by atoms with Gasteiger partial charge in [0.25, 0.3) is 0 Å². The number of halogens is 1. The molecule has 5 heteroatoms. The minimum Gasteiger partial charge on any atom is -0.338 e. The summed E-state index contributed by atoms with van der Waals surface area (Å²) in [5.41, 5.74) is 7.18. The van der Waals surface area contributed by atoms with Gasteiger partial charge >= 0.3 is 0 Å². The molecule has 0 spiro atoms. The lowest BCUT2D eigenvalue weighted by Gasteiger charge is -2.11. The molecule has 1 atom stereocenters. The molecular weight excluding hydrogens is 280 g/mol. The monoisotopic (exact) mass is 294 g/mol. The summed E-state index contributed by atoms with van der Waals surface area (Å²) in [5, 5.41) is 0. The van der Waals surface area contributed by atoms with E-state index in [1.165, 1.54) is 0 Å². The van der Waals surface area contributed by atoms with E-state index in [9.17, 15) is 0 Å². The van der Waals surface area contributed by atoms with E-state index in [-0.39, 0.29) is 6.04 Å². The zero-order chi connectivity index (χ0) is 12.3. The highest BCUT2D eigenvalue weighted by atomic mass is 79.9. The van der Waals surface area contributed by atoms with Crippen LogP contribution in [0.15, 0.2) is 35.3 Å². The van der Waals surface area contributed by atoms with Crippen LogP contribution in [0.4, 0.5) is 0 Å². The second-order valence-electron chi connectivity index (χ2n) is 4.04. The zero-order valence-corrected chi connectivity index (χ0v) is 11.3. The first kappa shape index (κ1) is 12.3. The lowest BCUT2D eigenvalue weighted by atomic mass is 10.0. The molecule has 0 radical (unpaired) electrons. The van der Waals surface area contributed by atoms with Gasteiger partial charge in [0.1, 0.15) is 5.82 Å². The Hall–Kier alpha value is -1.20. The lowest BCUT2D eigenvalue weighted by molar-refractivity contribution is 0.618. The van der Waals surface area contributed by atoms with Gasteiger partial charge in [-0.2, -0.15) is 0 Å². The Bertz CT molecular complexity index is 495. The van der Waals surface area contributed by atoms with Crippen LogP contribution in [0, 0.1) is 0 Å². The Morgan fingerprint density at radius 3 is 2.94 bits per heavy atom. The molecule has 0 saturated heterocycles. The molecule has 2 rings (SSSR count). The van der Waals surface area contributed by atoms with Crippen molar-refractivity contribution in [3.63, 3.8) is 0 Å². The molecule has 17 heavy (non-hydrogen) atoms. The van der Waals surface area contributed by atoms with Crippen molar-refractivity contribution >= 4 is 15.9 Å². The van der Waals surface area contributed by atoms with Gasteiger partial charge in [0.05, 0.1) is 0 Å². The van der Waals surface area contributed by atoms with E-state index in [1.807, 2.05) is 36.3 Å². The first-order chi connectivity index (χ1) is 8.16. The molecule has 90 valence electrons. The second kappa shape index (κ2) is 5.42. The molecule has 0 bridgehead atoms. The molecule has 4 nitrogen and oxygen atoms in total. The third-order valence-corrected chi connectivity index (χ3v) is 3.19. The molecule has 0 saturated carbocycles. The van der Waals surface area contributed by atoms with Crippen LogP contribution in [0.25, 0.3) is 0 Å². The minimum absolute atomic E-state index is 0.00306. The summed E-state index contributed by atoms with van der Waals surface area (Å²) in [6.07, 6.45) is 9.06. The van der Waals surface area contributed by atoms with E-state index in [4.69, 9.17) is 5.73 Å². The number of pyridine rings is 1. The molecule has 0 aliphatic carbocycles. The quantitative estimate of drug-likeness (QED) is 0.941. The van der Waals surface area contributed by atoms with E-state index in [1.54, 1.807) is 6.20 Å². The standard InChI is InChI=1S/C12H15BrN4/c1-17-5-4-16-12(17)3-2-11(14)9-6-10(13)8-15-7-9/h4-8,11H,2-3,14H2,1H3. The molecule has 0 fully saturated rings. The van der Waals surface area contributed by atoms with Crippen molar-refractivity contribution in [2.45, 2.75) is 18.9 Å². The van der Waals surface area contributed by atoms with Crippen LogP contribution in [-0.2, 0) is 13.5 Å². The molecule has 2 aromatic heterocycles. The van der Waals surface area contributed by atoms with Crippen molar-refractivity contribution in [2.24, 2.45) is 12.8 Å². The van der Waals surface area contributed by atoms with Crippen LogP contribution >= 0.6 is 15.9 Å². The molecular formula is C12H15BrN4. The van der Waals surface area contributed by atoms with Gasteiger partial charge in [-0.15, -0.1) is 0 Å². The Kier molecular flexibility index (Phi) is 3.91. The number of hydrogen-bond donors (Lipinski definition) is 1. The van der Waals surface area contributed by atoms with E-state index in [0.717, 1.165) is 28.7 Å². The smallest absolute Gasteiger partial charge is 0.108 e. The summed E-state index contributed by atoms with van der Waals surface area (Å²) in [5.74, 6) is 1.06. The molecule has 0 aliphatic heterocycles. The first-order valence-electron chi connectivity index (χ1n) is 5.49. The van der Waals surface area contributed by atoms with Gasteiger partial charge in [0.15, 0.2) is 0 Å². The number of nitrogens with zero attached hydrogens (tertiary/aromatic N) is 3.